The van der Waals surface area contributed by atoms with Gasteiger partial charge in [-0.3, -0.25) is 9.59 Å². The van der Waals surface area contributed by atoms with Crippen molar-refractivity contribution in [1.82, 2.24) is 10.3 Å². The first kappa shape index (κ1) is 15.4. The van der Waals surface area contributed by atoms with Crippen molar-refractivity contribution in [3.63, 3.8) is 0 Å². The zero-order valence-electron chi connectivity index (χ0n) is 11.0. The molecule has 0 aliphatic heterocycles. The standard InChI is InChI=1S/C13H18N2O3S/c1-3-4-10(13(17)18)7-14-12(16)6-5-11-8-19-9(2)15-11/h5-6,8,10H,3-4,7H2,1-2H3,(H,14,16)(H,17,18). The molecule has 0 fully saturated rings. The van der Waals surface area contributed by atoms with E-state index in [-0.39, 0.29) is 12.5 Å². The minimum atomic E-state index is -0.874. The number of rotatable bonds is 7. The SMILES string of the molecule is CCCC(CNC(=O)C=Cc1csc(C)n1)C(=O)O. The van der Waals surface area contributed by atoms with Gasteiger partial charge in [-0.15, -0.1) is 11.3 Å². The summed E-state index contributed by atoms with van der Waals surface area (Å²) in [6, 6.07) is 0. The van der Waals surface area contributed by atoms with E-state index in [4.69, 9.17) is 5.11 Å². The molecule has 5 nitrogen and oxygen atoms in total. The van der Waals surface area contributed by atoms with Gasteiger partial charge in [-0.05, 0) is 19.4 Å². The summed E-state index contributed by atoms with van der Waals surface area (Å²) >= 11 is 1.51. The molecule has 1 aromatic rings. The number of hydrogen-bond donors (Lipinski definition) is 2. The van der Waals surface area contributed by atoms with Crippen LogP contribution in [0.4, 0.5) is 0 Å². The van der Waals surface area contributed by atoms with Gasteiger partial charge in [0.2, 0.25) is 5.91 Å². The third-order valence-corrected chi connectivity index (χ3v) is 3.34. The molecule has 0 saturated carbocycles. The molecule has 0 aromatic carbocycles. The molecule has 6 heteroatoms. The van der Waals surface area contributed by atoms with Crippen molar-refractivity contribution in [3.8, 4) is 0 Å². The van der Waals surface area contributed by atoms with Crippen molar-refractivity contribution in [1.29, 1.82) is 0 Å². The fraction of sp³-hybridized carbons (Fsp3) is 0.462. The second kappa shape index (κ2) is 7.68. The van der Waals surface area contributed by atoms with Gasteiger partial charge in [-0.2, -0.15) is 0 Å². The summed E-state index contributed by atoms with van der Waals surface area (Å²) in [5.41, 5.74) is 0.737. The number of nitrogens with zero attached hydrogens (tertiary/aromatic N) is 1. The van der Waals surface area contributed by atoms with Gasteiger partial charge in [-0.25, -0.2) is 4.98 Å². The van der Waals surface area contributed by atoms with E-state index in [0.717, 1.165) is 17.1 Å². The first-order chi connectivity index (χ1) is 9.02. The molecular weight excluding hydrogens is 264 g/mol. The van der Waals surface area contributed by atoms with Crippen molar-refractivity contribution in [2.75, 3.05) is 6.54 Å². The lowest BCUT2D eigenvalue weighted by Gasteiger charge is -2.10. The average Bonchev–Trinajstić information content (AvgIpc) is 2.77. The first-order valence-electron chi connectivity index (χ1n) is 6.13. The molecule has 1 amide bonds. The zero-order chi connectivity index (χ0) is 14.3. The van der Waals surface area contributed by atoms with Gasteiger partial charge in [0.05, 0.1) is 16.6 Å². The second-order valence-corrected chi connectivity index (χ2v) is 5.26. The predicted molar refractivity (Wildman–Crippen MR) is 74.9 cm³/mol. The highest BCUT2D eigenvalue weighted by Crippen LogP contribution is 2.09. The Morgan fingerprint density at radius 2 is 2.32 bits per heavy atom. The largest absolute Gasteiger partial charge is 0.481 e. The lowest BCUT2D eigenvalue weighted by Crippen LogP contribution is -2.31. The average molecular weight is 282 g/mol. The Morgan fingerprint density at radius 3 is 2.84 bits per heavy atom. The molecule has 0 aliphatic rings. The number of aryl methyl sites for hydroxylation is 1. The molecular formula is C13H18N2O3S. The number of carboxylic acids is 1. The Morgan fingerprint density at radius 1 is 1.58 bits per heavy atom. The van der Waals surface area contributed by atoms with Crippen molar-refractivity contribution in [2.24, 2.45) is 5.92 Å². The maximum atomic E-state index is 11.5. The van der Waals surface area contributed by atoms with Crippen molar-refractivity contribution in [3.05, 3.63) is 22.2 Å². The summed E-state index contributed by atoms with van der Waals surface area (Å²) < 4.78 is 0. The summed E-state index contributed by atoms with van der Waals surface area (Å²) in [5, 5.41) is 14.3. The van der Waals surface area contributed by atoms with E-state index in [0.29, 0.717) is 6.42 Å². The smallest absolute Gasteiger partial charge is 0.308 e. The van der Waals surface area contributed by atoms with Gasteiger partial charge in [0, 0.05) is 18.0 Å². The van der Waals surface area contributed by atoms with E-state index >= 15 is 0 Å². The molecule has 0 radical (unpaired) electrons. The van der Waals surface area contributed by atoms with Crippen LogP contribution >= 0.6 is 11.3 Å². The molecule has 1 aromatic heterocycles. The van der Waals surface area contributed by atoms with Gasteiger partial charge in [-0.1, -0.05) is 13.3 Å². The quantitative estimate of drug-likeness (QED) is 0.750. The predicted octanol–water partition coefficient (Wildman–Crippen LogP) is 2.08. The van der Waals surface area contributed by atoms with E-state index in [1.54, 1.807) is 6.08 Å². The van der Waals surface area contributed by atoms with Crippen molar-refractivity contribution in [2.45, 2.75) is 26.7 Å². The fourth-order valence-corrected chi connectivity index (χ4v) is 2.14. The van der Waals surface area contributed by atoms with E-state index in [1.165, 1.54) is 17.4 Å². The number of carbonyl (C=O) groups excluding carboxylic acids is 1. The maximum Gasteiger partial charge on any atom is 0.308 e. The van der Waals surface area contributed by atoms with Crippen LogP contribution in [0.2, 0.25) is 0 Å². The van der Waals surface area contributed by atoms with Crippen LogP contribution in [0.3, 0.4) is 0 Å². The topological polar surface area (TPSA) is 79.3 Å². The van der Waals surface area contributed by atoms with Crippen molar-refractivity contribution >= 4 is 29.3 Å². The number of thiazole rings is 1. The van der Waals surface area contributed by atoms with Crippen LogP contribution in [0.25, 0.3) is 6.08 Å². The van der Waals surface area contributed by atoms with Crippen LogP contribution < -0.4 is 5.32 Å². The molecule has 0 aliphatic carbocycles. The van der Waals surface area contributed by atoms with E-state index in [2.05, 4.69) is 10.3 Å². The first-order valence-corrected chi connectivity index (χ1v) is 7.01. The summed E-state index contributed by atoms with van der Waals surface area (Å²) in [5.74, 6) is -1.70. The molecule has 1 atom stereocenters. The summed E-state index contributed by atoms with van der Waals surface area (Å²) in [6.45, 7) is 3.97. The molecule has 0 saturated heterocycles. The van der Waals surface area contributed by atoms with Gasteiger partial charge in [0.25, 0.3) is 0 Å². The monoisotopic (exact) mass is 282 g/mol. The zero-order valence-corrected chi connectivity index (χ0v) is 11.9. The van der Waals surface area contributed by atoms with Crippen LogP contribution in [-0.4, -0.2) is 28.5 Å². The normalized spacial score (nSPS) is 12.5. The maximum absolute atomic E-state index is 11.5. The lowest BCUT2D eigenvalue weighted by molar-refractivity contribution is -0.141. The highest BCUT2D eigenvalue weighted by Gasteiger charge is 2.16. The number of carbonyl (C=O) groups is 2. The van der Waals surface area contributed by atoms with Gasteiger partial charge >= 0.3 is 5.97 Å². The summed E-state index contributed by atoms with van der Waals surface area (Å²) in [4.78, 5) is 26.6. The Labute approximate surface area is 116 Å². The van der Waals surface area contributed by atoms with Crippen LogP contribution in [0.1, 0.15) is 30.5 Å². The Bertz CT molecular complexity index is 468. The fourth-order valence-electron chi connectivity index (χ4n) is 1.56. The number of aliphatic carboxylic acids is 1. The van der Waals surface area contributed by atoms with Crippen molar-refractivity contribution < 1.29 is 14.7 Å². The number of hydrogen-bond acceptors (Lipinski definition) is 4. The lowest BCUT2D eigenvalue weighted by atomic mass is 10.0. The van der Waals surface area contributed by atoms with Gasteiger partial charge in [0.1, 0.15) is 0 Å². The highest BCUT2D eigenvalue weighted by molar-refractivity contribution is 7.09. The van der Waals surface area contributed by atoms with E-state index < -0.39 is 11.9 Å². The molecule has 19 heavy (non-hydrogen) atoms. The van der Waals surface area contributed by atoms with E-state index in [9.17, 15) is 9.59 Å². The van der Waals surface area contributed by atoms with Crippen LogP contribution in [-0.2, 0) is 9.59 Å². The minimum Gasteiger partial charge on any atom is -0.481 e. The highest BCUT2D eigenvalue weighted by atomic mass is 32.1. The third-order valence-electron chi connectivity index (χ3n) is 2.55. The van der Waals surface area contributed by atoms with E-state index in [1.807, 2.05) is 19.2 Å². The number of carboxylic acid groups (broad SMARTS) is 1. The second-order valence-electron chi connectivity index (χ2n) is 4.19. The molecule has 1 rings (SSSR count). The molecule has 1 heterocycles. The Balaban J connectivity index is 2.42. The molecule has 104 valence electrons. The van der Waals surface area contributed by atoms with Gasteiger partial charge in [0.15, 0.2) is 0 Å². The van der Waals surface area contributed by atoms with Crippen LogP contribution in [0.15, 0.2) is 11.5 Å². The molecule has 1 unspecified atom stereocenters. The molecule has 0 spiro atoms. The minimum absolute atomic E-state index is 0.155. The Kier molecular flexibility index (Phi) is 6.21. The Hall–Kier alpha value is -1.69. The van der Waals surface area contributed by atoms with Crippen LogP contribution in [0, 0.1) is 12.8 Å². The summed E-state index contributed by atoms with van der Waals surface area (Å²) in [6.07, 6.45) is 4.33. The number of amides is 1. The number of nitrogens with one attached hydrogen (secondary N) is 1. The third kappa shape index (κ3) is 5.65. The summed E-state index contributed by atoms with van der Waals surface area (Å²) in [7, 11) is 0. The molecule has 0 bridgehead atoms. The number of aromatic nitrogens is 1. The molecule has 2 N–H and O–H groups in total. The van der Waals surface area contributed by atoms with Crippen LogP contribution in [0.5, 0.6) is 0 Å². The van der Waals surface area contributed by atoms with Gasteiger partial charge < -0.3 is 10.4 Å².